The van der Waals surface area contributed by atoms with E-state index in [1.165, 1.54) is 33.7 Å². The highest BCUT2D eigenvalue weighted by Gasteiger charge is 2.56. The van der Waals surface area contributed by atoms with Gasteiger partial charge in [0.15, 0.2) is 0 Å². The van der Waals surface area contributed by atoms with Crippen LogP contribution in [0, 0.1) is 12.8 Å². The van der Waals surface area contributed by atoms with Crippen molar-refractivity contribution in [3.63, 3.8) is 0 Å². The molecule has 4 aromatic rings. The van der Waals surface area contributed by atoms with Crippen molar-refractivity contribution in [3.8, 4) is 0 Å². The van der Waals surface area contributed by atoms with Gasteiger partial charge < -0.3 is 5.32 Å². The van der Waals surface area contributed by atoms with Crippen LogP contribution in [-0.2, 0) is 31.0 Å². The number of imide groups is 1. The van der Waals surface area contributed by atoms with Gasteiger partial charge in [-0.3, -0.25) is 28.7 Å². The van der Waals surface area contributed by atoms with E-state index in [1.54, 1.807) is 30.6 Å². The van der Waals surface area contributed by atoms with Crippen molar-refractivity contribution >= 4 is 62.2 Å². The number of amides is 3. The molecule has 2 aromatic heterocycles. The van der Waals surface area contributed by atoms with E-state index in [0.717, 1.165) is 28.7 Å². The van der Waals surface area contributed by atoms with Gasteiger partial charge in [0.1, 0.15) is 11.8 Å². The maximum Gasteiger partial charge on any atom is 0.308 e. The molecule has 2 aliphatic rings. The molecule has 0 bridgehead atoms. The predicted octanol–water partition coefficient (Wildman–Crippen LogP) is 2.70. The van der Waals surface area contributed by atoms with E-state index in [9.17, 15) is 27.6 Å². The van der Waals surface area contributed by atoms with Crippen molar-refractivity contribution in [1.82, 2.24) is 9.55 Å². The first-order valence-electron chi connectivity index (χ1n) is 12.7. The summed E-state index contributed by atoms with van der Waals surface area (Å²) < 4.78 is 24.3. The Bertz CT molecular complexity index is 1890. The molecule has 1 saturated heterocycles. The molecule has 11 nitrogen and oxygen atoms in total. The number of benzene rings is 2. The molecule has 1 fully saturated rings. The number of rotatable bonds is 6. The van der Waals surface area contributed by atoms with Gasteiger partial charge in [0.2, 0.25) is 27.7 Å². The van der Waals surface area contributed by atoms with Crippen molar-refractivity contribution in [2.24, 2.45) is 11.1 Å². The first-order valence-corrected chi connectivity index (χ1v) is 15.9. The lowest BCUT2D eigenvalue weighted by Gasteiger charge is -2.30. The van der Waals surface area contributed by atoms with Gasteiger partial charge in [-0.25, -0.2) is 18.5 Å². The minimum absolute atomic E-state index is 0.105. The third kappa shape index (κ3) is 4.96. The van der Waals surface area contributed by atoms with E-state index >= 15 is 0 Å². The molecule has 0 radical (unpaired) electrons. The molecule has 3 atom stereocenters. The predicted molar refractivity (Wildman–Crippen MR) is 158 cm³/mol. The molecular formula is C28H23N5O6S3. The summed E-state index contributed by atoms with van der Waals surface area (Å²) in [6.07, 6.45) is 3.23. The quantitative estimate of drug-likeness (QED) is 0.311. The fourth-order valence-electron chi connectivity index (χ4n) is 5.19. The Kier molecular flexibility index (Phi) is 7.09. The smallest absolute Gasteiger partial charge is 0.308 e. The third-order valence-electron chi connectivity index (χ3n) is 7.15. The van der Waals surface area contributed by atoms with Crippen LogP contribution in [0.15, 0.2) is 87.8 Å². The number of aromatic nitrogens is 2. The number of hydrogen-bond donors (Lipinski definition) is 2. The van der Waals surface area contributed by atoms with E-state index in [1.807, 2.05) is 25.1 Å². The summed E-state index contributed by atoms with van der Waals surface area (Å²) in [5.74, 6) is -2.65. The van der Waals surface area contributed by atoms with Crippen LogP contribution in [0.5, 0.6) is 0 Å². The number of carbonyl (C=O) groups excluding carboxylic acids is 3. The number of carbonyl (C=O) groups is 3. The van der Waals surface area contributed by atoms with E-state index in [0.29, 0.717) is 26.8 Å². The van der Waals surface area contributed by atoms with Crippen molar-refractivity contribution in [3.05, 3.63) is 98.7 Å². The highest BCUT2D eigenvalue weighted by atomic mass is 32.2. The van der Waals surface area contributed by atoms with Crippen molar-refractivity contribution in [2.45, 2.75) is 34.6 Å². The number of primary sulfonamides is 1. The topological polar surface area (TPSA) is 162 Å². The molecular weight excluding hydrogens is 599 g/mol. The van der Waals surface area contributed by atoms with Gasteiger partial charge in [-0.15, -0.1) is 0 Å². The average molecular weight is 622 g/mol. The Morgan fingerprint density at radius 1 is 1.02 bits per heavy atom. The van der Waals surface area contributed by atoms with Crippen LogP contribution in [0.3, 0.4) is 0 Å². The molecule has 2 aliphatic heterocycles. The van der Waals surface area contributed by atoms with Crippen LogP contribution in [0.25, 0.3) is 0 Å². The maximum absolute atomic E-state index is 13.9. The summed E-state index contributed by atoms with van der Waals surface area (Å²) in [4.78, 5) is 59.4. The summed E-state index contributed by atoms with van der Waals surface area (Å²) >= 11 is 2.06. The molecule has 3 amide bonds. The molecule has 2 unspecified atom stereocenters. The van der Waals surface area contributed by atoms with Crippen molar-refractivity contribution in [2.75, 3.05) is 10.2 Å². The van der Waals surface area contributed by atoms with Crippen molar-refractivity contribution < 1.29 is 22.8 Å². The molecule has 3 N–H and O–H groups in total. The van der Waals surface area contributed by atoms with Gasteiger partial charge in [0.25, 0.3) is 0 Å². The second-order valence-electron chi connectivity index (χ2n) is 9.92. The summed E-state index contributed by atoms with van der Waals surface area (Å²) in [7, 11) is -3.89. The molecule has 0 spiro atoms. The van der Waals surface area contributed by atoms with E-state index in [2.05, 4.69) is 10.3 Å². The largest absolute Gasteiger partial charge is 0.325 e. The number of fused-ring (bicyclic) bond motifs is 2. The first kappa shape index (κ1) is 28.0. The molecule has 6 rings (SSSR count). The van der Waals surface area contributed by atoms with Gasteiger partial charge >= 0.3 is 4.87 Å². The molecule has 14 heteroatoms. The number of sulfonamides is 1. The SMILES string of the molecule is Cc1ccc(N2C(=O)C3Sc4c(sc(=O)n4CC(=O)Nc4ccc(S(N)(=O)=O)cc4)[C@H](c4cccnc4)C3C2=O)cc1. The number of pyridine rings is 1. The summed E-state index contributed by atoms with van der Waals surface area (Å²) in [5, 5.41) is 7.42. The maximum atomic E-state index is 13.9. The standard InChI is InChI=1S/C28H23N5O6S3/c1-15-4-8-18(9-5-15)33-25(35)22-21(16-3-2-12-30-13-16)24-27(40-23(22)26(33)36)32(28(37)41-24)14-20(34)31-17-6-10-19(11-7-17)42(29,38)39/h2-13,21-23H,14H2,1H3,(H,31,34)(H2,29,38,39)/t21-,22?,23?/m1/s1. The molecule has 4 heterocycles. The number of thiazole rings is 1. The normalized spacial score (nSPS) is 19.9. The van der Waals surface area contributed by atoms with Crippen LogP contribution in [0.1, 0.15) is 21.9 Å². The molecule has 42 heavy (non-hydrogen) atoms. The Morgan fingerprint density at radius 2 is 1.74 bits per heavy atom. The zero-order chi connectivity index (χ0) is 29.8. The number of anilines is 2. The molecule has 214 valence electrons. The monoisotopic (exact) mass is 621 g/mol. The number of nitrogens with zero attached hydrogens (tertiary/aromatic N) is 3. The Labute approximate surface area is 248 Å². The van der Waals surface area contributed by atoms with Crippen LogP contribution in [0.2, 0.25) is 0 Å². The Balaban J connectivity index is 1.35. The molecule has 0 saturated carbocycles. The molecule has 2 aromatic carbocycles. The van der Waals surface area contributed by atoms with Crippen LogP contribution < -0.4 is 20.2 Å². The van der Waals surface area contributed by atoms with Crippen LogP contribution in [0.4, 0.5) is 11.4 Å². The zero-order valence-corrected chi connectivity index (χ0v) is 24.4. The van der Waals surface area contributed by atoms with E-state index in [-0.39, 0.29) is 23.3 Å². The lowest BCUT2D eigenvalue weighted by Crippen LogP contribution is -2.33. The van der Waals surface area contributed by atoms with Crippen LogP contribution >= 0.6 is 23.1 Å². The lowest BCUT2D eigenvalue weighted by atomic mass is 9.84. The fraction of sp³-hybridized carbons (Fsp3) is 0.179. The van der Waals surface area contributed by atoms with Gasteiger partial charge in [-0.05, 0) is 55.0 Å². The zero-order valence-electron chi connectivity index (χ0n) is 22.0. The third-order valence-corrected chi connectivity index (χ3v) is 10.7. The second-order valence-corrected chi connectivity index (χ2v) is 13.6. The first-order chi connectivity index (χ1) is 20.0. The van der Waals surface area contributed by atoms with Gasteiger partial charge in [0, 0.05) is 28.9 Å². The number of hydrogen-bond acceptors (Lipinski definition) is 9. The van der Waals surface area contributed by atoms with Gasteiger partial charge in [-0.1, -0.05) is 46.9 Å². The minimum Gasteiger partial charge on any atom is -0.325 e. The summed E-state index contributed by atoms with van der Waals surface area (Å²) in [6.45, 7) is 1.56. The number of nitrogens with two attached hydrogens (primary N) is 1. The highest BCUT2D eigenvalue weighted by Crippen LogP contribution is 2.53. The lowest BCUT2D eigenvalue weighted by molar-refractivity contribution is -0.122. The van der Waals surface area contributed by atoms with Gasteiger partial charge in [0.05, 0.1) is 21.5 Å². The molecule has 0 aliphatic carbocycles. The van der Waals surface area contributed by atoms with Crippen LogP contribution in [-0.4, -0.2) is 40.9 Å². The number of nitrogens with one attached hydrogen (secondary N) is 1. The minimum atomic E-state index is -3.89. The van der Waals surface area contributed by atoms with E-state index < -0.39 is 37.9 Å². The summed E-state index contributed by atoms with van der Waals surface area (Å²) in [5.41, 5.74) is 2.47. The number of aryl methyl sites for hydroxylation is 1. The van der Waals surface area contributed by atoms with Crippen molar-refractivity contribution in [1.29, 1.82) is 0 Å². The highest BCUT2D eigenvalue weighted by molar-refractivity contribution is 8.00. The van der Waals surface area contributed by atoms with E-state index in [4.69, 9.17) is 5.14 Å². The Hall–Kier alpha value is -4.11. The second kappa shape index (κ2) is 10.6. The average Bonchev–Trinajstić information content (AvgIpc) is 3.40. The number of thioether (sulfide) groups is 1. The fourth-order valence-corrected chi connectivity index (χ4v) is 8.48. The summed E-state index contributed by atoms with van der Waals surface area (Å²) in [6, 6.07) is 16.0. The van der Waals surface area contributed by atoms with Gasteiger partial charge in [-0.2, -0.15) is 0 Å². The Morgan fingerprint density at radius 3 is 2.38 bits per heavy atom.